The molecule has 1 amide bonds. The maximum absolute atomic E-state index is 12.1. The number of nitrogens with one attached hydrogen (secondary N) is 1. The van der Waals surface area contributed by atoms with Gasteiger partial charge in [-0.3, -0.25) is 9.80 Å². The Labute approximate surface area is 152 Å². The van der Waals surface area contributed by atoms with Gasteiger partial charge in [0.15, 0.2) is 0 Å². The Kier molecular flexibility index (Phi) is 6.67. The second kappa shape index (κ2) is 9.16. The zero-order valence-electron chi connectivity index (χ0n) is 15.1. The summed E-state index contributed by atoms with van der Waals surface area (Å²) in [4.78, 5) is 12.1. The molecule has 0 atom stereocenters. The van der Waals surface area contributed by atoms with Crippen LogP contribution < -0.4 is 14.9 Å². The van der Waals surface area contributed by atoms with Crippen molar-refractivity contribution in [2.45, 2.75) is 0 Å². The molecule has 0 aliphatic rings. The molecule has 0 aliphatic carbocycles. The molecule has 2 rings (SSSR count). The van der Waals surface area contributed by atoms with E-state index in [2.05, 4.69) is 20.9 Å². The number of rotatable bonds is 7. The highest BCUT2D eigenvalue weighted by Crippen LogP contribution is 2.23. The van der Waals surface area contributed by atoms with E-state index in [0.717, 1.165) is 0 Å². The molecule has 0 saturated carbocycles. The monoisotopic (exact) mass is 355 g/mol. The standard InChI is InChI=1S/C18H21N5O3/c1-23(2)22-20-15-8-5-13(6-9-15)18(24)21-19-12-14-7-10-16(25-3)11-17(14)26-4/h5-12H,1-4H3,(H,21,24). The molecule has 0 radical (unpaired) electrons. The normalized spacial score (nSPS) is 10.9. The first-order valence-corrected chi connectivity index (χ1v) is 7.78. The molecule has 0 bridgehead atoms. The smallest absolute Gasteiger partial charge is 0.271 e. The highest BCUT2D eigenvalue weighted by Gasteiger charge is 2.05. The van der Waals surface area contributed by atoms with Crippen LogP contribution in [0.4, 0.5) is 5.69 Å². The molecule has 0 saturated heterocycles. The van der Waals surface area contributed by atoms with E-state index in [1.165, 1.54) is 6.21 Å². The molecule has 136 valence electrons. The zero-order valence-corrected chi connectivity index (χ0v) is 15.1. The van der Waals surface area contributed by atoms with Crippen molar-refractivity contribution in [2.75, 3.05) is 28.3 Å². The molecule has 1 N–H and O–H groups in total. The summed E-state index contributed by atoms with van der Waals surface area (Å²) < 4.78 is 10.4. The van der Waals surface area contributed by atoms with Crippen LogP contribution in [-0.2, 0) is 0 Å². The number of hydrogen-bond acceptors (Lipinski definition) is 6. The van der Waals surface area contributed by atoms with Crippen LogP contribution in [0.25, 0.3) is 0 Å². The van der Waals surface area contributed by atoms with Gasteiger partial charge < -0.3 is 9.47 Å². The topological polar surface area (TPSA) is 87.9 Å². The van der Waals surface area contributed by atoms with Gasteiger partial charge in [-0.05, 0) is 36.4 Å². The van der Waals surface area contributed by atoms with Gasteiger partial charge >= 0.3 is 0 Å². The minimum atomic E-state index is -0.329. The Morgan fingerprint density at radius 3 is 2.42 bits per heavy atom. The van der Waals surface area contributed by atoms with Crippen LogP contribution in [0.15, 0.2) is 57.9 Å². The minimum absolute atomic E-state index is 0.329. The van der Waals surface area contributed by atoms with Crippen LogP contribution in [0.1, 0.15) is 15.9 Å². The number of benzene rings is 2. The molecule has 0 spiro atoms. The number of methoxy groups -OCH3 is 2. The van der Waals surface area contributed by atoms with Crippen LogP contribution in [0.2, 0.25) is 0 Å². The molecule has 8 nitrogen and oxygen atoms in total. The summed E-state index contributed by atoms with van der Waals surface area (Å²) in [6.07, 6.45) is 1.51. The third-order valence-electron chi connectivity index (χ3n) is 3.28. The van der Waals surface area contributed by atoms with E-state index in [0.29, 0.717) is 28.3 Å². The van der Waals surface area contributed by atoms with Gasteiger partial charge in [-0.15, -0.1) is 5.11 Å². The predicted octanol–water partition coefficient (Wildman–Crippen LogP) is 3.03. The van der Waals surface area contributed by atoms with E-state index in [1.807, 2.05) is 0 Å². The fraction of sp³-hybridized carbons (Fsp3) is 0.222. The second-order valence-electron chi connectivity index (χ2n) is 5.39. The van der Waals surface area contributed by atoms with Crippen molar-refractivity contribution in [1.29, 1.82) is 0 Å². The van der Waals surface area contributed by atoms with E-state index in [9.17, 15) is 4.79 Å². The van der Waals surface area contributed by atoms with Crippen molar-refractivity contribution in [3.63, 3.8) is 0 Å². The fourth-order valence-corrected chi connectivity index (χ4v) is 1.97. The molecule has 8 heteroatoms. The lowest BCUT2D eigenvalue weighted by atomic mass is 10.2. The maximum Gasteiger partial charge on any atom is 0.271 e. The maximum atomic E-state index is 12.1. The van der Waals surface area contributed by atoms with Crippen molar-refractivity contribution < 1.29 is 14.3 Å². The first-order valence-electron chi connectivity index (χ1n) is 7.78. The van der Waals surface area contributed by atoms with Gasteiger partial charge in [0.05, 0.1) is 26.1 Å². The van der Waals surface area contributed by atoms with Crippen LogP contribution in [0, 0.1) is 0 Å². The van der Waals surface area contributed by atoms with Crippen molar-refractivity contribution >= 4 is 17.8 Å². The predicted molar refractivity (Wildman–Crippen MR) is 99.3 cm³/mol. The number of carbonyl (C=O) groups excluding carboxylic acids is 1. The first kappa shape index (κ1) is 18.9. The lowest BCUT2D eigenvalue weighted by Gasteiger charge is -2.07. The molecular weight excluding hydrogens is 334 g/mol. The third kappa shape index (κ3) is 5.30. The van der Waals surface area contributed by atoms with Gasteiger partial charge in [0.2, 0.25) is 0 Å². The van der Waals surface area contributed by atoms with E-state index >= 15 is 0 Å². The highest BCUT2D eigenvalue weighted by atomic mass is 16.5. The molecule has 0 aromatic heterocycles. The summed E-state index contributed by atoms with van der Waals surface area (Å²) in [5.41, 5.74) is 4.31. The van der Waals surface area contributed by atoms with Gasteiger partial charge in [0, 0.05) is 31.3 Å². The number of amides is 1. The van der Waals surface area contributed by atoms with Crippen molar-refractivity contribution in [3.05, 3.63) is 53.6 Å². The van der Waals surface area contributed by atoms with E-state index in [-0.39, 0.29) is 5.91 Å². The molecule has 0 unspecified atom stereocenters. The fourth-order valence-electron chi connectivity index (χ4n) is 1.97. The number of hydrazone groups is 1. The SMILES string of the molecule is COc1ccc(C=NNC(=O)c2ccc(N=NN(C)C)cc2)c(OC)c1. The Hall–Kier alpha value is -3.42. The molecule has 0 fully saturated rings. The number of hydrogen-bond donors (Lipinski definition) is 1. The minimum Gasteiger partial charge on any atom is -0.497 e. The molecular formula is C18H21N5O3. The summed E-state index contributed by atoms with van der Waals surface area (Å²) in [5, 5.41) is 13.5. The van der Waals surface area contributed by atoms with Gasteiger partial charge in [-0.2, -0.15) is 5.10 Å². The zero-order chi connectivity index (χ0) is 18.9. The second-order valence-corrected chi connectivity index (χ2v) is 5.39. The Balaban J connectivity index is 2.01. The van der Waals surface area contributed by atoms with Gasteiger partial charge in [0.1, 0.15) is 11.5 Å². The quantitative estimate of drug-likeness (QED) is 0.470. The number of carbonyl (C=O) groups is 1. The lowest BCUT2D eigenvalue weighted by Crippen LogP contribution is -2.17. The Morgan fingerprint density at radius 2 is 1.81 bits per heavy atom. The average Bonchev–Trinajstić information content (AvgIpc) is 2.66. The van der Waals surface area contributed by atoms with Crippen LogP contribution in [-0.4, -0.2) is 45.4 Å². The van der Waals surface area contributed by atoms with Gasteiger partial charge in [-0.25, -0.2) is 5.43 Å². The third-order valence-corrected chi connectivity index (χ3v) is 3.28. The average molecular weight is 355 g/mol. The molecule has 0 aliphatic heterocycles. The Morgan fingerprint density at radius 1 is 1.08 bits per heavy atom. The number of nitrogens with zero attached hydrogens (tertiary/aromatic N) is 4. The highest BCUT2D eigenvalue weighted by molar-refractivity contribution is 5.95. The van der Waals surface area contributed by atoms with Gasteiger partial charge in [-0.1, -0.05) is 5.22 Å². The van der Waals surface area contributed by atoms with Gasteiger partial charge in [0.25, 0.3) is 5.91 Å². The van der Waals surface area contributed by atoms with Crippen LogP contribution in [0.3, 0.4) is 0 Å². The van der Waals surface area contributed by atoms with Crippen LogP contribution >= 0.6 is 0 Å². The van der Waals surface area contributed by atoms with Crippen molar-refractivity contribution in [3.8, 4) is 11.5 Å². The van der Waals surface area contributed by atoms with Crippen molar-refractivity contribution in [1.82, 2.24) is 10.4 Å². The van der Waals surface area contributed by atoms with Crippen molar-refractivity contribution in [2.24, 2.45) is 15.4 Å². The largest absolute Gasteiger partial charge is 0.497 e. The van der Waals surface area contributed by atoms with E-state index < -0.39 is 0 Å². The van der Waals surface area contributed by atoms with E-state index in [4.69, 9.17) is 9.47 Å². The Bertz CT molecular complexity index is 801. The van der Waals surface area contributed by atoms with E-state index in [1.54, 1.807) is 75.8 Å². The lowest BCUT2D eigenvalue weighted by molar-refractivity contribution is 0.0955. The summed E-state index contributed by atoms with van der Waals surface area (Å²) in [6, 6.07) is 12.0. The molecule has 2 aromatic carbocycles. The first-order chi connectivity index (χ1) is 12.5. The van der Waals surface area contributed by atoms with Crippen LogP contribution in [0.5, 0.6) is 11.5 Å². The summed E-state index contributed by atoms with van der Waals surface area (Å²) in [6.45, 7) is 0. The summed E-state index contributed by atoms with van der Waals surface area (Å²) in [5.74, 6) is 0.942. The summed E-state index contributed by atoms with van der Waals surface area (Å²) >= 11 is 0. The summed E-state index contributed by atoms with van der Waals surface area (Å²) in [7, 11) is 6.69. The molecule has 0 heterocycles. The number of ether oxygens (including phenoxy) is 2. The molecule has 26 heavy (non-hydrogen) atoms. The molecule has 2 aromatic rings.